The number of hydrogen-bond donors (Lipinski definition) is 2. The Labute approximate surface area is 98.9 Å². The minimum atomic E-state index is -1.67. The summed E-state index contributed by atoms with van der Waals surface area (Å²) in [5.41, 5.74) is -1.67. The van der Waals surface area contributed by atoms with Gasteiger partial charge in [0.2, 0.25) is 5.60 Å². The number of ether oxygens (including phenoxy) is 1. The number of carbonyl (C=O) groups excluding carboxylic acids is 1. The summed E-state index contributed by atoms with van der Waals surface area (Å²) in [6.07, 6.45) is 0.872. The summed E-state index contributed by atoms with van der Waals surface area (Å²) in [5.74, 6) is -3.12. The standard InChI is InChI=1S/C11H16O6/c1-3-9(14)17-11(4-2,10(15)16)7-5-6-8(12)13/h3H,1,4-7H2,2H3,(H,12,13)(H,15,16). The van der Waals surface area contributed by atoms with Crippen LogP contribution >= 0.6 is 0 Å². The lowest BCUT2D eigenvalue weighted by molar-refractivity contribution is -0.177. The van der Waals surface area contributed by atoms with Gasteiger partial charge in [0.25, 0.3) is 0 Å². The molecule has 0 heterocycles. The van der Waals surface area contributed by atoms with Crippen LogP contribution in [-0.4, -0.2) is 33.7 Å². The maximum atomic E-state index is 11.1. The van der Waals surface area contributed by atoms with Gasteiger partial charge in [0.15, 0.2) is 0 Å². The summed E-state index contributed by atoms with van der Waals surface area (Å²) in [6.45, 7) is 4.75. The van der Waals surface area contributed by atoms with Gasteiger partial charge in [-0.05, 0) is 19.3 Å². The fraction of sp³-hybridized carbons (Fsp3) is 0.545. The Morgan fingerprint density at radius 3 is 2.29 bits per heavy atom. The molecule has 0 aromatic carbocycles. The van der Waals surface area contributed by atoms with E-state index in [2.05, 4.69) is 6.58 Å². The predicted octanol–water partition coefficient (Wildman–Crippen LogP) is 1.20. The second-order valence-corrected chi connectivity index (χ2v) is 3.53. The van der Waals surface area contributed by atoms with E-state index in [-0.39, 0.29) is 25.7 Å². The largest absolute Gasteiger partial charge is 0.481 e. The lowest BCUT2D eigenvalue weighted by Crippen LogP contribution is -2.42. The molecule has 0 saturated carbocycles. The molecule has 0 aliphatic heterocycles. The molecule has 17 heavy (non-hydrogen) atoms. The first kappa shape index (κ1) is 15.2. The first-order chi connectivity index (χ1) is 7.88. The van der Waals surface area contributed by atoms with Crippen LogP contribution in [0.2, 0.25) is 0 Å². The highest BCUT2D eigenvalue weighted by molar-refractivity contribution is 5.86. The van der Waals surface area contributed by atoms with Crippen molar-refractivity contribution in [3.63, 3.8) is 0 Å². The van der Waals surface area contributed by atoms with E-state index in [1.807, 2.05) is 0 Å². The molecule has 0 aliphatic carbocycles. The summed E-state index contributed by atoms with van der Waals surface area (Å²) >= 11 is 0. The molecule has 6 nitrogen and oxygen atoms in total. The van der Waals surface area contributed by atoms with Crippen LogP contribution in [0.15, 0.2) is 12.7 Å². The number of carboxylic acids is 2. The molecule has 1 atom stereocenters. The average molecular weight is 244 g/mol. The summed E-state index contributed by atoms with van der Waals surface area (Å²) in [5, 5.41) is 17.6. The van der Waals surface area contributed by atoms with Gasteiger partial charge in [-0.3, -0.25) is 4.79 Å². The fourth-order valence-corrected chi connectivity index (χ4v) is 1.36. The molecule has 0 bridgehead atoms. The number of carboxylic acid groups (broad SMARTS) is 2. The maximum Gasteiger partial charge on any atom is 0.348 e. The van der Waals surface area contributed by atoms with E-state index in [0.29, 0.717) is 0 Å². The van der Waals surface area contributed by atoms with Crippen molar-refractivity contribution in [1.29, 1.82) is 0 Å². The first-order valence-corrected chi connectivity index (χ1v) is 5.18. The highest BCUT2D eigenvalue weighted by atomic mass is 16.6. The molecule has 0 aromatic rings. The third kappa shape index (κ3) is 4.67. The number of esters is 1. The van der Waals surface area contributed by atoms with Crippen LogP contribution in [-0.2, 0) is 19.1 Å². The molecule has 0 saturated heterocycles. The van der Waals surface area contributed by atoms with E-state index in [1.165, 1.54) is 0 Å². The van der Waals surface area contributed by atoms with Crippen molar-refractivity contribution in [3.8, 4) is 0 Å². The zero-order chi connectivity index (χ0) is 13.5. The summed E-state index contributed by atoms with van der Waals surface area (Å²) in [6, 6.07) is 0. The van der Waals surface area contributed by atoms with E-state index in [1.54, 1.807) is 6.92 Å². The van der Waals surface area contributed by atoms with Gasteiger partial charge in [-0.1, -0.05) is 13.5 Å². The van der Waals surface area contributed by atoms with Gasteiger partial charge in [0.1, 0.15) is 0 Å². The molecule has 0 amide bonds. The number of aliphatic carboxylic acids is 2. The van der Waals surface area contributed by atoms with Gasteiger partial charge in [-0.25, -0.2) is 9.59 Å². The van der Waals surface area contributed by atoms with Crippen LogP contribution in [0.25, 0.3) is 0 Å². The quantitative estimate of drug-likeness (QED) is 0.491. The fourth-order valence-electron chi connectivity index (χ4n) is 1.36. The normalized spacial score (nSPS) is 13.5. The van der Waals surface area contributed by atoms with Crippen LogP contribution in [0.5, 0.6) is 0 Å². The van der Waals surface area contributed by atoms with Crippen molar-refractivity contribution >= 4 is 17.9 Å². The Morgan fingerprint density at radius 2 is 1.94 bits per heavy atom. The molecular formula is C11H16O6. The molecule has 96 valence electrons. The summed E-state index contributed by atoms with van der Waals surface area (Å²) < 4.78 is 4.83. The second kappa shape index (κ2) is 6.67. The molecule has 2 N–H and O–H groups in total. The lowest BCUT2D eigenvalue weighted by atomic mass is 9.93. The SMILES string of the molecule is C=CC(=O)OC(CC)(CCCC(=O)O)C(=O)O. The van der Waals surface area contributed by atoms with E-state index in [0.717, 1.165) is 6.08 Å². The van der Waals surface area contributed by atoms with E-state index >= 15 is 0 Å². The van der Waals surface area contributed by atoms with Crippen LogP contribution in [0.1, 0.15) is 32.6 Å². The van der Waals surface area contributed by atoms with Crippen LogP contribution < -0.4 is 0 Å². The van der Waals surface area contributed by atoms with Gasteiger partial charge in [0, 0.05) is 12.5 Å². The van der Waals surface area contributed by atoms with Gasteiger partial charge in [0.05, 0.1) is 0 Å². The van der Waals surface area contributed by atoms with Crippen molar-refractivity contribution in [3.05, 3.63) is 12.7 Å². The highest BCUT2D eigenvalue weighted by Crippen LogP contribution is 2.24. The topological polar surface area (TPSA) is 101 Å². The Bertz CT molecular complexity index is 322. The molecule has 0 aliphatic rings. The molecule has 0 rings (SSSR count). The third-order valence-corrected chi connectivity index (χ3v) is 2.39. The van der Waals surface area contributed by atoms with Gasteiger partial charge < -0.3 is 14.9 Å². The van der Waals surface area contributed by atoms with Crippen molar-refractivity contribution in [2.75, 3.05) is 0 Å². The van der Waals surface area contributed by atoms with Crippen LogP contribution in [0.4, 0.5) is 0 Å². The molecule has 0 fully saturated rings. The van der Waals surface area contributed by atoms with E-state index < -0.39 is 23.5 Å². The summed E-state index contributed by atoms with van der Waals surface area (Å²) in [7, 11) is 0. The van der Waals surface area contributed by atoms with Gasteiger partial charge in [-0.2, -0.15) is 0 Å². The van der Waals surface area contributed by atoms with Crippen molar-refractivity contribution < 1.29 is 29.3 Å². The molecular weight excluding hydrogens is 228 g/mol. The molecule has 0 aromatic heterocycles. The summed E-state index contributed by atoms with van der Waals surface area (Å²) in [4.78, 5) is 32.5. The average Bonchev–Trinajstić information content (AvgIpc) is 2.26. The smallest absolute Gasteiger partial charge is 0.348 e. The maximum absolute atomic E-state index is 11.1. The monoisotopic (exact) mass is 244 g/mol. The zero-order valence-corrected chi connectivity index (χ0v) is 9.64. The molecule has 1 unspecified atom stereocenters. The Balaban J connectivity index is 4.70. The number of hydrogen-bond acceptors (Lipinski definition) is 4. The Morgan fingerprint density at radius 1 is 1.35 bits per heavy atom. The second-order valence-electron chi connectivity index (χ2n) is 3.53. The van der Waals surface area contributed by atoms with E-state index in [9.17, 15) is 14.4 Å². The van der Waals surface area contributed by atoms with Crippen molar-refractivity contribution in [2.24, 2.45) is 0 Å². The van der Waals surface area contributed by atoms with Crippen molar-refractivity contribution in [2.45, 2.75) is 38.2 Å². The van der Waals surface area contributed by atoms with Crippen LogP contribution in [0.3, 0.4) is 0 Å². The number of carbonyl (C=O) groups is 3. The van der Waals surface area contributed by atoms with Gasteiger partial charge in [-0.15, -0.1) is 0 Å². The lowest BCUT2D eigenvalue weighted by Gasteiger charge is -2.27. The third-order valence-electron chi connectivity index (χ3n) is 2.39. The van der Waals surface area contributed by atoms with Crippen LogP contribution in [0, 0.1) is 0 Å². The van der Waals surface area contributed by atoms with Crippen molar-refractivity contribution in [1.82, 2.24) is 0 Å². The Kier molecular flexibility index (Phi) is 5.95. The predicted molar refractivity (Wildman–Crippen MR) is 58.4 cm³/mol. The van der Waals surface area contributed by atoms with Gasteiger partial charge >= 0.3 is 17.9 Å². The Hall–Kier alpha value is -1.85. The highest BCUT2D eigenvalue weighted by Gasteiger charge is 2.40. The van der Waals surface area contributed by atoms with E-state index in [4.69, 9.17) is 14.9 Å². The minimum Gasteiger partial charge on any atom is -0.481 e. The number of rotatable bonds is 8. The molecule has 0 radical (unpaired) electrons. The minimum absolute atomic E-state index is 0.0370. The molecule has 0 spiro atoms. The molecule has 6 heteroatoms. The zero-order valence-electron chi connectivity index (χ0n) is 9.64. The first-order valence-electron chi connectivity index (χ1n) is 5.18.